The molecule has 0 unspecified atom stereocenters. The first-order valence-corrected chi connectivity index (χ1v) is 7.22. The van der Waals surface area contributed by atoms with Gasteiger partial charge < -0.3 is 4.74 Å². The van der Waals surface area contributed by atoms with Gasteiger partial charge >= 0.3 is 0 Å². The first kappa shape index (κ1) is 12.6. The van der Waals surface area contributed by atoms with E-state index >= 15 is 0 Å². The summed E-state index contributed by atoms with van der Waals surface area (Å²) in [5.41, 5.74) is 1.51. The van der Waals surface area contributed by atoms with Crippen LogP contribution in [0.5, 0.6) is 5.75 Å². The van der Waals surface area contributed by atoms with Crippen LogP contribution in [0.2, 0.25) is 0 Å². The largest absolute Gasteiger partial charge is 0.452 e. The Bertz CT molecular complexity index is 705. The number of hydrogen-bond acceptors (Lipinski definition) is 2. The summed E-state index contributed by atoms with van der Waals surface area (Å²) in [7, 11) is 0. The molecule has 0 N–H and O–H groups in total. The molecule has 0 fully saturated rings. The molecule has 94 valence electrons. The van der Waals surface area contributed by atoms with Crippen LogP contribution in [-0.2, 0) is 0 Å². The van der Waals surface area contributed by atoms with Gasteiger partial charge in [0.2, 0.25) is 5.78 Å². The van der Waals surface area contributed by atoms with Gasteiger partial charge in [-0.15, -0.1) is 0 Å². The van der Waals surface area contributed by atoms with E-state index in [-0.39, 0.29) is 5.78 Å². The van der Waals surface area contributed by atoms with E-state index in [0.29, 0.717) is 17.1 Å². The third-order valence-electron chi connectivity index (χ3n) is 2.82. The van der Waals surface area contributed by atoms with Gasteiger partial charge in [0.15, 0.2) is 5.76 Å². The Balaban J connectivity index is 2.03. The zero-order chi connectivity index (χ0) is 13.4. The van der Waals surface area contributed by atoms with E-state index in [1.165, 1.54) is 0 Å². The molecule has 3 rings (SSSR count). The number of allylic oxidation sites excluding steroid dienone is 1. The third-order valence-corrected chi connectivity index (χ3v) is 4.04. The fraction of sp³-hybridized carbons (Fsp3) is 0. The van der Waals surface area contributed by atoms with Crippen LogP contribution in [-0.4, -0.2) is 5.78 Å². The smallest absolute Gasteiger partial charge is 0.231 e. The summed E-state index contributed by atoms with van der Waals surface area (Å²) in [6.07, 6.45) is 1.75. The summed E-state index contributed by atoms with van der Waals surface area (Å²) >= 11 is 6.87. The number of halogens is 2. The molecular weight excluding hydrogens is 372 g/mol. The second kappa shape index (κ2) is 4.94. The van der Waals surface area contributed by atoms with Gasteiger partial charge in [0.1, 0.15) is 5.75 Å². The Hall–Kier alpha value is -1.39. The van der Waals surface area contributed by atoms with Crippen molar-refractivity contribution in [2.24, 2.45) is 0 Å². The fourth-order valence-corrected chi connectivity index (χ4v) is 2.64. The van der Waals surface area contributed by atoms with Crippen molar-refractivity contribution >= 4 is 43.7 Å². The maximum atomic E-state index is 12.2. The SMILES string of the molecule is O=C1/C(=C/c2cc(Br)ccc2Br)Oc2ccccc21. The van der Waals surface area contributed by atoms with Gasteiger partial charge in [0.05, 0.1) is 5.56 Å². The molecule has 0 aromatic heterocycles. The van der Waals surface area contributed by atoms with E-state index in [9.17, 15) is 4.79 Å². The monoisotopic (exact) mass is 378 g/mol. The predicted molar refractivity (Wildman–Crippen MR) is 81.2 cm³/mol. The molecule has 19 heavy (non-hydrogen) atoms. The lowest BCUT2D eigenvalue weighted by Crippen LogP contribution is -1.98. The summed E-state index contributed by atoms with van der Waals surface area (Å²) in [4.78, 5) is 12.2. The average molecular weight is 380 g/mol. The topological polar surface area (TPSA) is 26.3 Å². The fourth-order valence-electron chi connectivity index (χ4n) is 1.90. The van der Waals surface area contributed by atoms with Crippen LogP contribution in [0.3, 0.4) is 0 Å². The second-order valence-electron chi connectivity index (χ2n) is 4.10. The van der Waals surface area contributed by atoms with Crippen molar-refractivity contribution in [2.75, 3.05) is 0 Å². The maximum Gasteiger partial charge on any atom is 0.231 e. The summed E-state index contributed by atoms with van der Waals surface area (Å²) in [6, 6.07) is 13.0. The quantitative estimate of drug-likeness (QED) is 0.663. The van der Waals surface area contributed by atoms with Crippen molar-refractivity contribution < 1.29 is 9.53 Å². The molecule has 2 aromatic rings. The van der Waals surface area contributed by atoms with Gasteiger partial charge in [0.25, 0.3) is 0 Å². The number of hydrogen-bond donors (Lipinski definition) is 0. The summed E-state index contributed by atoms with van der Waals surface area (Å²) in [5.74, 6) is 0.882. The highest BCUT2D eigenvalue weighted by Crippen LogP contribution is 2.32. The van der Waals surface area contributed by atoms with Gasteiger partial charge in [-0.1, -0.05) is 44.0 Å². The van der Waals surface area contributed by atoms with Crippen LogP contribution in [0.1, 0.15) is 15.9 Å². The highest BCUT2D eigenvalue weighted by molar-refractivity contribution is 9.11. The van der Waals surface area contributed by atoms with Crippen LogP contribution < -0.4 is 4.74 Å². The van der Waals surface area contributed by atoms with Crippen LogP contribution in [0.25, 0.3) is 6.08 Å². The number of carbonyl (C=O) groups excluding carboxylic acids is 1. The molecule has 1 aliphatic rings. The molecule has 0 saturated carbocycles. The second-order valence-corrected chi connectivity index (χ2v) is 5.87. The lowest BCUT2D eigenvalue weighted by Gasteiger charge is -2.01. The van der Waals surface area contributed by atoms with Crippen molar-refractivity contribution in [1.29, 1.82) is 0 Å². The minimum Gasteiger partial charge on any atom is -0.452 e. The van der Waals surface area contributed by atoms with E-state index in [1.807, 2.05) is 30.3 Å². The predicted octanol–water partition coefficient (Wildman–Crippen LogP) is 4.83. The van der Waals surface area contributed by atoms with Gasteiger partial charge in [0, 0.05) is 8.95 Å². The van der Waals surface area contributed by atoms with Gasteiger partial charge in [-0.2, -0.15) is 0 Å². The number of para-hydroxylation sites is 1. The van der Waals surface area contributed by atoms with Gasteiger partial charge in [-0.05, 0) is 42.0 Å². The molecule has 4 heteroatoms. The number of ether oxygens (including phenoxy) is 1. The first-order valence-electron chi connectivity index (χ1n) is 5.63. The number of ketones is 1. The molecule has 0 radical (unpaired) electrons. The molecule has 0 bridgehead atoms. The Kier molecular flexibility index (Phi) is 3.29. The van der Waals surface area contributed by atoms with Crippen LogP contribution in [0.15, 0.2) is 57.2 Å². The molecule has 0 amide bonds. The van der Waals surface area contributed by atoms with Crippen molar-refractivity contribution in [3.05, 3.63) is 68.3 Å². The lowest BCUT2D eigenvalue weighted by molar-refractivity contribution is 0.101. The van der Waals surface area contributed by atoms with Crippen molar-refractivity contribution in [3.8, 4) is 5.75 Å². The zero-order valence-corrected chi connectivity index (χ0v) is 12.9. The Morgan fingerprint density at radius 2 is 1.84 bits per heavy atom. The first-order chi connectivity index (χ1) is 9.15. The number of Topliss-reactive ketones (excluding diaryl/α,β-unsaturated/α-hetero) is 1. The molecule has 0 atom stereocenters. The highest BCUT2D eigenvalue weighted by Gasteiger charge is 2.26. The molecule has 0 saturated heterocycles. The highest BCUT2D eigenvalue weighted by atomic mass is 79.9. The normalized spacial score (nSPS) is 15.5. The molecule has 1 heterocycles. The maximum absolute atomic E-state index is 12.2. The molecule has 0 aliphatic carbocycles. The van der Waals surface area contributed by atoms with E-state index in [2.05, 4.69) is 31.9 Å². The molecule has 2 nitrogen and oxygen atoms in total. The van der Waals surface area contributed by atoms with Gasteiger partial charge in [-0.25, -0.2) is 0 Å². The molecule has 2 aromatic carbocycles. The van der Waals surface area contributed by atoms with E-state index in [0.717, 1.165) is 14.5 Å². The molecular formula is C15H8Br2O2. The minimum absolute atomic E-state index is 0.0810. The van der Waals surface area contributed by atoms with E-state index in [1.54, 1.807) is 18.2 Å². The van der Waals surface area contributed by atoms with Crippen LogP contribution in [0, 0.1) is 0 Å². The summed E-state index contributed by atoms with van der Waals surface area (Å²) in [5, 5.41) is 0. The number of carbonyl (C=O) groups is 1. The van der Waals surface area contributed by atoms with Crippen LogP contribution >= 0.6 is 31.9 Å². The molecule has 0 spiro atoms. The number of fused-ring (bicyclic) bond motifs is 1. The Morgan fingerprint density at radius 3 is 2.63 bits per heavy atom. The van der Waals surface area contributed by atoms with Gasteiger partial charge in [-0.3, -0.25) is 4.79 Å². The summed E-state index contributed by atoms with van der Waals surface area (Å²) in [6.45, 7) is 0. The van der Waals surface area contributed by atoms with Crippen molar-refractivity contribution in [2.45, 2.75) is 0 Å². The lowest BCUT2D eigenvalue weighted by atomic mass is 10.1. The van der Waals surface area contributed by atoms with E-state index < -0.39 is 0 Å². The Morgan fingerprint density at radius 1 is 1.05 bits per heavy atom. The Labute approximate surface area is 127 Å². The third kappa shape index (κ3) is 2.38. The number of rotatable bonds is 1. The van der Waals surface area contributed by atoms with Crippen molar-refractivity contribution in [3.63, 3.8) is 0 Å². The molecule has 1 aliphatic heterocycles. The van der Waals surface area contributed by atoms with E-state index in [4.69, 9.17) is 4.74 Å². The minimum atomic E-state index is -0.0810. The van der Waals surface area contributed by atoms with Crippen LogP contribution in [0.4, 0.5) is 0 Å². The summed E-state index contributed by atoms with van der Waals surface area (Å²) < 4.78 is 7.46. The average Bonchev–Trinajstić information content (AvgIpc) is 2.72. The standard InChI is InChI=1S/C15H8Br2O2/c16-10-5-6-12(17)9(7-10)8-14-15(18)11-3-1-2-4-13(11)19-14/h1-8H/b14-8-. The van der Waals surface area contributed by atoms with Crippen molar-refractivity contribution in [1.82, 2.24) is 0 Å². The number of benzene rings is 2. The zero-order valence-electron chi connectivity index (χ0n) is 9.69.